The van der Waals surface area contributed by atoms with Gasteiger partial charge in [-0.1, -0.05) is 27.7 Å². The fourth-order valence-electron chi connectivity index (χ4n) is 1.89. The normalized spacial score (nSPS) is 11.4. The van der Waals surface area contributed by atoms with E-state index < -0.39 is 0 Å². The molecule has 20 heavy (non-hydrogen) atoms. The summed E-state index contributed by atoms with van der Waals surface area (Å²) in [5.41, 5.74) is 5.89. The van der Waals surface area contributed by atoms with Gasteiger partial charge in [0.1, 0.15) is 0 Å². The lowest BCUT2D eigenvalue weighted by Crippen LogP contribution is -2.39. The van der Waals surface area contributed by atoms with Crippen LogP contribution in [0.25, 0.3) is 0 Å². The zero-order valence-electron chi connectivity index (χ0n) is 13.2. The van der Waals surface area contributed by atoms with E-state index in [9.17, 15) is 0 Å². The summed E-state index contributed by atoms with van der Waals surface area (Å²) in [7, 11) is 0. The molecule has 1 heterocycles. The molecule has 0 aliphatic rings. The summed E-state index contributed by atoms with van der Waals surface area (Å²) < 4.78 is 5.56. The molecule has 0 aromatic carbocycles. The van der Waals surface area contributed by atoms with Crippen molar-refractivity contribution in [2.75, 3.05) is 31.1 Å². The van der Waals surface area contributed by atoms with E-state index in [-0.39, 0.29) is 5.41 Å². The Labute approximate surface area is 122 Å². The van der Waals surface area contributed by atoms with Gasteiger partial charge in [-0.25, -0.2) is 0 Å². The molecule has 0 atom stereocenters. The summed E-state index contributed by atoms with van der Waals surface area (Å²) in [6.07, 6.45) is 5.48. The molecular formula is C15H28N4O. The van der Waals surface area contributed by atoms with Gasteiger partial charge in [0, 0.05) is 13.1 Å². The van der Waals surface area contributed by atoms with Crippen LogP contribution in [-0.2, 0) is 0 Å². The van der Waals surface area contributed by atoms with Crippen LogP contribution in [-0.4, -0.2) is 36.2 Å². The standard InChI is InChI=1S/C15H28N4O/c1-5-7-19(12-15(3,4)11-16)13-9-17-10-14(18-13)20-8-6-2/h9-10H,5-8,11-12,16H2,1-4H3. The van der Waals surface area contributed by atoms with Crippen molar-refractivity contribution in [2.45, 2.75) is 40.5 Å². The van der Waals surface area contributed by atoms with Crippen molar-refractivity contribution in [3.8, 4) is 5.88 Å². The third-order valence-corrected chi connectivity index (χ3v) is 3.04. The second-order valence-electron chi connectivity index (χ2n) is 5.85. The van der Waals surface area contributed by atoms with Crippen molar-refractivity contribution in [1.82, 2.24) is 9.97 Å². The van der Waals surface area contributed by atoms with E-state index in [1.54, 1.807) is 12.4 Å². The molecule has 0 bridgehead atoms. The van der Waals surface area contributed by atoms with E-state index in [1.807, 2.05) is 0 Å². The van der Waals surface area contributed by atoms with E-state index in [1.165, 1.54) is 0 Å². The molecule has 0 radical (unpaired) electrons. The Kier molecular flexibility index (Phi) is 6.71. The van der Waals surface area contributed by atoms with Crippen LogP contribution in [0.4, 0.5) is 5.82 Å². The van der Waals surface area contributed by atoms with E-state index in [4.69, 9.17) is 10.5 Å². The van der Waals surface area contributed by atoms with Crippen LogP contribution in [0.15, 0.2) is 12.4 Å². The zero-order valence-corrected chi connectivity index (χ0v) is 13.2. The Morgan fingerprint density at radius 2 is 2.00 bits per heavy atom. The smallest absolute Gasteiger partial charge is 0.234 e. The molecule has 5 nitrogen and oxygen atoms in total. The van der Waals surface area contributed by atoms with Crippen molar-refractivity contribution in [3.63, 3.8) is 0 Å². The summed E-state index contributed by atoms with van der Waals surface area (Å²) in [6, 6.07) is 0. The summed E-state index contributed by atoms with van der Waals surface area (Å²) in [6.45, 7) is 11.7. The molecule has 0 aliphatic carbocycles. The molecule has 1 aromatic heterocycles. The first-order chi connectivity index (χ1) is 9.52. The van der Waals surface area contributed by atoms with Gasteiger partial charge in [-0.3, -0.25) is 4.98 Å². The fraction of sp³-hybridized carbons (Fsp3) is 0.733. The first kappa shape index (κ1) is 16.7. The second kappa shape index (κ2) is 8.04. The van der Waals surface area contributed by atoms with Crippen molar-refractivity contribution in [3.05, 3.63) is 12.4 Å². The number of nitrogens with zero attached hydrogens (tertiary/aromatic N) is 3. The number of nitrogens with two attached hydrogens (primary N) is 1. The van der Waals surface area contributed by atoms with Crippen LogP contribution in [0, 0.1) is 5.41 Å². The summed E-state index contributed by atoms with van der Waals surface area (Å²) in [5.74, 6) is 1.46. The predicted molar refractivity (Wildman–Crippen MR) is 83.2 cm³/mol. The van der Waals surface area contributed by atoms with Crippen molar-refractivity contribution in [2.24, 2.45) is 11.1 Å². The van der Waals surface area contributed by atoms with Crippen molar-refractivity contribution < 1.29 is 4.74 Å². The van der Waals surface area contributed by atoms with Crippen molar-refractivity contribution in [1.29, 1.82) is 0 Å². The predicted octanol–water partition coefficient (Wildman–Crippen LogP) is 2.47. The zero-order chi connectivity index (χ0) is 15.0. The third-order valence-electron chi connectivity index (χ3n) is 3.04. The van der Waals surface area contributed by atoms with Gasteiger partial charge < -0.3 is 15.4 Å². The van der Waals surface area contributed by atoms with Crippen LogP contribution in [0.3, 0.4) is 0 Å². The summed E-state index contributed by atoms with van der Waals surface area (Å²) in [4.78, 5) is 11.0. The maximum Gasteiger partial charge on any atom is 0.234 e. The minimum atomic E-state index is 0.0527. The average Bonchev–Trinajstić information content (AvgIpc) is 2.45. The van der Waals surface area contributed by atoms with Crippen LogP contribution in [0.5, 0.6) is 5.88 Å². The molecule has 0 amide bonds. The van der Waals surface area contributed by atoms with Crippen LogP contribution >= 0.6 is 0 Å². The Morgan fingerprint density at radius 1 is 1.25 bits per heavy atom. The highest BCUT2D eigenvalue weighted by atomic mass is 16.5. The van der Waals surface area contributed by atoms with Gasteiger partial charge in [-0.2, -0.15) is 4.98 Å². The van der Waals surface area contributed by atoms with Gasteiger partial charge in [0.15, 0.2) is 5.82 Å². The average molecular weight is 280 g/mol. The number of hydrogen-bond donors (Lipinski definition) is 1. The highest BCUT2D eigenvalue weighted by Crippen LogP contribution is 2.21. The molecule has 1 rings (SSSR count). The van der Waals surface area contributed by atoms with Crippen LogP contribution < -0.4 is 15.4 Å². The topological polar surface area (TPSA) is 64.3 Å². The third kappa shape index (κ3) is 5.33. The highest BCUT2D eigenvalue weighted by Gasteiger charge is 2.21. The number of rotatable bonds is 9. The van der Waals surface area contributed by atoms with Gasteiger partial charge in [-0.15, -0.1) is 0 Å². The van der Waals surface area contributed by atoms with Gasteiger partial charge in [0.05, 0.1) is 19.0 Å². The van der Waals surface area contributed by atoms with E-state index in [2.05, 4.69) is 42.6 Å². The highest BCUT2D eigenvalue weighted by molar-refractivity contribution is 5.37. The molecular weight excluding hydrogens is 252 g/mol. The molecule has 1 aromatic rings. The van der Waals surface area contributed by atoms with Crippen LogP contribution in [0.2, 0.25) is 0 Å². The SMILES string of the molecule is CCCOc1cncc(N(CCC)CC(C)(C)CN)n1. The van der Waals surface area contributed by atoms with Crippen molar-refractivity contribution >= 4 is 5.82 Å². The Balaban J connectivity index is 2.85. The maximum atomic E-state index is 5.84. The molecule has 0 fully saturated rings. The molecule has 5 heteroatoms. The molecule has 114 valence electrons. The fourth-order valence-corrected chi connectivity index (χ4v) is 1.89. The van der Waals surface area contributed by atoms with Crippen LogP contribution in [0.1, 0.15) is 40.5 Å². The van der Waals surface area contributed by atoms with E-state index in [0.717, 1.165) is 31.7 Å². The lowest BCUT2D eigenvalue weighted by molar-refractivity contribution is 0.303. The summed E-state index contributed by atoms with van der Waals surface area (Å²) in [5, 5.41) is 0. The summed E-state index contributed by atoms with van der Waals surface area (Å²) >= 11 is 0. The number of hydrogen-bond acceptors (Lipinski definition) is 5. The van der Waals surface area contributed by atoms with Gasteiger partial charge in [0.25, 0.3) is 0 Å². The molecule has 0 saturated carbocycles. The molecule has 0 aliphatic heterocycles. The van der Waals surface area contributed by atoms with E-state index in [0.29, 0.717) is 19.0 Å². The Hall–Kier alpha value is -1.36. The van der Waals surface area contributed by atoms with Gasteiger partial charge >= 0.3 is 0 Å². The number of ether oxygens (including phenoxy) is 1. The lowest BCUT2D eigenvalue weighted by atomic mass is 9.93. The molecule has 0 saturated heterocycles. The van der Waals surface area contributed by atoms with Gasteiger partial charge in [0.2, 0.25) is 5.88 Å². The molecule has 0 spiro atoms. The Morgan fingerprint density at radius 3 is 2.60 bits per heavy atom. The minimum Gasteiger partial charge on any atom is -0.477 e. The quantitative estimate of drug-likeness (QED) is 0.753. The maximum absolute atomic E-state index is 5.84. The molecule has 0 unspecified atom stereocenters. The lowest BCUT2D eigenvalue weighted by Gasteiger charge is -2.32. The Bertz CT molecular complexity index is 395. The molecule has 2 N–H and O–H groups in total. The van der Waals surface area contributed by atoms with Gasteiger partial charge in [-0.05, 0) is 24.8 Å². The first-order valence-corrected chi connectivity index (χ1v) is 7.42. The monoisotopic (exact) mass is 280 g/mol. The first-order valence-electron chi connectivity index (χ1n) is 7.42. The van der Waals surface area contributed by atoms with E-state index >= 15 is 0 Å². The second-order valence-corrected chi connectivity index (χ2v) is 5.85. The largest absolute Gasteiger partial charge is 0.477 e. The number of aromatic nitrogens is 2. The number of anilines is 1. The minimum absolute atomic E-state index is 0.0527.